The lowest BCUT2D eigenvalue weighted by molar-refractivity contribution is 0.122. The summed E-state index contributed by atoms with van der Waals surface area (Å²) in [6, 6.07) is 14.6. The molecule has 2 aromatic rings. The number of piperazine rings is 1. The molecular weight excluding hydrogens is 282 g/mol. The zero-order valence-corrected chi connectivity index (χ0v) is 12.8. The molecule has 0 saturated carbocycles. The highest BCUT2D eigenvalue weighted by atomic mass is 35.5. The van der Waals surface area contributed by atoms with Gasteiger partial charge in [0.2, 0.25) is 0 Å². The molecule has 2 heterocycles. The Kier molecular flexibility index (Phi) is 4.86. The smallest absolute Gasteiger partial charge is 0.129 e. The number of pyridine rings is 1. The van der Waals surface area contributed by atoms with Crippen LogP contribution in [-0.2, 0) is 13.1 Å². The van der Waals surface area contributed by atoms with Crippen LogP contribution in [0.2, 0.25) is 5.15 Å². The third kappa shape index (κ3) is 4.27. The maximum atomic E-state index is 5.82. The third-order valence-corrected chi connectivity index (χ3v) is 4.13. The minimum absolute atomic E-state index is 0.562. The van der Waals surface area contributed by atoms with Gasteiger partial charge in [0, 0.05) is 45.5 Å². The molecule has 0 atom stereocenters. The molecule has 3 rings (SSSR count). The average molecular weight is 302 g/mol. The molecule has 0 spiro atoms. The Hall–Kier alpha value is -1.42. The molecule has 0 N–H and O–H groups in total. The van der Waals surface area contributed by atoms with Crippen molar-refractivity contribution in [2.75, 3.05) is 26.2 Å². The Morgan fingerprint density at radius 2 is 1.43 bits per heavy atom. The van der Waals surface area contributed by atoms with Crippen LogP contribution in [0.25, 0.3) is 0 Å². The van der Waals surface area contributed by atoms with Gasteiger partial charge in [-0.05, 0) is 17.2 Å². The number of halogens is 1. The molecular formula is C17H20ClN3. The first-order valence-corrected chi connectivity index (χ1v) is 7.76. The summed E-state index contributed by atoms with van der Waals surface area (Å²) in [4.78, 5) is 9.14. The summed E-state index contributed by atoms with van der Waals surface area (Å²) < 4.78 is 0. The van der Waals surface area contributed by atoms with Crippen molar-refractivity contribution in [2.24, 2.45) is 0 Å². The molecule has 0 bridgehead atoms. The van der Waals surface area contributed by atoms with Crippen molar-refractivity contribution in [1.29, 1.82) is 0 Å². The summed E-state index contributed by atoms with van der Waals surface area (Å²) in [5.74, 6) is 0. The molecule has 1 aromatic heterocycles. The molecule has 1 aromatic carbocycles. The van der Waals surface area contributed by atoms with Gasteiger partial charge in [0.15, 0.2) is 0 Å². The van der Waals surface area contributed by atoms with Crippen molar-refractivity contribution in [3.8, 4) is 0 Å². The Bertz CT molecular complexity index is 548. The second kappa shape index (κ2) is 7.03. The quantitative estimate of drug-likeness (QED) is 0.809. The summed E-state index contributed by atoms with van der Waals surface area (Å²) in [6.07, 6.45) is 1.87. The summed E-state index contributed by atoms with van der Waals surface area (Å²) in [7, 11) is 0. The second-order valence-electron chi connectivity index (χ2n) is 5.53. The molecule has 3 nitrogen and oxygen atoms in total. The molecule has 4 heteroatoms. The van der Waals surface area contributed by atoms with E-state index in [1.54, 1.807) is 0 Å². The number of rotatable bonds is 4. The number of hydrogen-bond donors (Lipinski definition) is 0. The van der Waals surface area contributed by atoms with E-state index in [9.17, 15) is 0 Å². The van der Waals surface area contributed by atoms with Gasteiger partial charge in [-0.1, -0.05) is 48.0 Å². The molecule has 110 valence electrons. The van der Waals surface area contributed by atoms with Crippen LogP contribution in [0.15, 0.2) is 48.7 Å². The number of nitrogens with zero attached hydrogens (tertiary/aromatic N) is 3. The lowest BCUT2D eigenvalue weighted by Gasteiger charge is -2.34. The molecule has 1 aliphatic rings. The number of benzene rings is 1. The largest absolute Gasteiger partial charge is 0.297 e. The topological polar surface area (TPSA) is 19.4 Å². The van der Waals surface area contributed by atoms with Crippen LogP contribution >= 0.6 is 11.6 Å². The molecule has 0 radical (unpaired) electrons. The summed E-state index contributed by atoms with van der Waals surface area (Å²) in [5, 5.41) is 0.562. The van der Waals surface area contributed by atoms with Crippen molar-refractivity contribution in [3.63, 3.8) is 0 Å². The highest BCUT2D eigenvalue weighted by Gasteiger charge is 2.17. The van der Waals surface area contributed by atoms with E-state index in [0.29, 0.717) is 5.15 Å². The maximum absolute atomic E-state index is 5.82. The van der Waals surface area contributed by atoms with Crippen LogP contribution in [0.5, 0.6) is 0 Å². The van der Waals surface area contributed by atoms with Crippen molar-refractivity contribution in [3.05, 3.63) is 64.9 Å². The van der Waals surface area contributed by atoms with Gasteiger partial charge in [-0.3, -0.25) is 9.80 Å². The van der Waals surface area contributed by atoms with Crippen molar-refractivity contribution < 1.29 is 0 Å². The molecule has 0 amide bonds. The van der Waals surface area contributed by atoms with Crippen molar-refractivity contribution in [1.82, 2.24) is 14.8 Å². The van der Waals surface area contributed by atoms with E-state index >= 15 is 0 Å². The molecule has 21 heavy (non-hydrogen) atoms. The van der Waals surface area contributed by atoms with E-state index in [1.165, 1.54) is 11.1 Å². The van der Waals surface area contributed by atoms with Crippen molar-refractivity contribution >= 4 is 11.6 Å². The summed E-state index contributed by atoms with van der Waals surface area (Å²) >= 11 is 5.82. The molecule has 1 aliphatic heterocycles. The van der Waals surface area contributed by atoms with Gasteiger partial charge in [-0.2, -0.15) is 0 Å². The fourth-order valence-electron chi connectivity index (χ4n) is 2.71. The van der Waals surface area contributed by atoms with E-state index in [0.717, 1.165) is 39.3 Å². The normalized spacial score (nSPS) is 17.0. The molecule has 0 aliphatic carbocycles. The predicted molar refractivity (Wildman–Crippen MR) is 86.2 cm³/mol. The lowest BCUT2D eigenvalue weighted by atomic mass is 10.2. The minimum atomic E-state index is 0.562. The maximum Gasteiger partial charge on any atom is 0.129 e. The van der Waals surface area contributed by atoms with Crippen LogP contribution in [0.4, 0.5) is 0 Å². The average Bonchev–Trinajstić information content (AvgIpc) is 2.53. The van der Waals surface area contributed by atoms with Gasteiger partial charge in [0.05, 0.1) is 0 Å². The van der Waals surface area contributed by atoms with Crippen molar-refractivity contribution in [2.45, 2.75) is 13.1 Å². The monoisotopic (exact) mass is 301 g/mol. The van der Waals surface area contributed by atoms with Crippen LogP contribution in [0.3, 0.4) is 0 Å². The molecule has 1 saturated heterocycles. The van der Waals surface area contributed by atoms with Crippen LogP contribution in [0, 0.1) is 0 Å². The van der Waals surface area contributed by atoms with Crippen LogP contribution in [-0.4, -0.2) is 41.0 Å². The standard InChI is InChI=1S/C17H20ClN3/c18-17-7-6-16(12-19-17)14-21-10-8-20(9-11-21)13-15-4-2-1-3-5-15/h1-7,12H,8-11,13-14H2. The van der Waals surface area contributed by atoms with Gasteiger partial charge in [-0.25, -0.2) is 4.98 Å². The first-order valence-electron chi connectivity index (χ1n) is 7.39. The Morgan fingerprint density at radius 1 is 0.810 bits per heavy atom. The number of hydrogen-bond acceptors (Lipinski definition) is 3. The van der Waals surface area contributed by atoms with E-state index in [-0.39, 0.29) is 0 Å². The first-order chi connectivity index (χ1) is 10.3. The number of aromatic nitrogens is 1. The van der Waals surface area contributed by atoms with Crippen LogP contribution < -0.4 is 0 Å². The zero-order chi connectivity index (χ0) is 14.5. The Morgan fingerprint density at radius 3 is 2.00 bits per heavy atom. The van der Waals surface area contributed by atoms with Gasteiger partial charge in [0.25, 0.3) is 0 Å². The van der Waals surface area contributed by atoms with E-state index in [1.807, 2.05) is 12.3 Å². The van der Waals surface area contributed by atoms with E-state index in [4.69, 9.17) is 11.6 Å². The zero-order valence-electron chi connectivity index (χ0n) is 12.1. The fourth-order valence-corrected chi connectivity index (χ4v) is 2.82. The van der Waals surface area contributed by atoms with Gasteiger partial charge >= 0.3 is 0 Å². The van der Waals surface area contributed by atoms with E-state index < -0.39 is 0 Å². The minimum Gasteiger partial charge on any atom is -0.297 e. The van der Waals surface area contributed by atoms with Gasteiger partial charge in [0.1, 0.15) is 5.15 Å². The Balaban J connectivity index is 1.47. The third-order valence-electron chi connectivity index (χ3n) is 3.91. The highest BCUT2D eigenvalue weighted by molar-refractivity contribution is 6.29. The summed E-state index contributed by atoms with van der Waals surface area (Å²) in [5.41, 5.74) is 2.63. The highest BCUT2D eigenvalue weighted by Crippen LogP contribution is 2.12. The second-order valence-corrected chi connectivity index (χ2v) is 5.91. The van der Waals surface area contributed by atoms with Crippen LogP contribution in [0.1, 0.15) is 11.1 Å². The molecule has 0 unspecified atom stereocenters. The van der Waals surface area contributed by atoms with Gasteiger partial charge < -0.3 is 0 Å². The van der Waals surface area contributed by atoms with Gasteiger partial charge in [-0.15, -0.1) is 0 Å². The Labute approximate surface area is 131 Å². The molecule has 1 fully saturated rings. The summed E-state index contributed by atoms with van der Waals surface area (Å²) in [6.45, 7) is 6.47. The lowest BCUT2D eigenvalue weighted by Crippen LogP contribution is -2.45. The van der Waals surface area contributed by atoms with E-state index in [2.05, 4.69) is 51.2 Å². The first kappa shape index (κ1) is 14.5. The predicted octanol–water partition coefficient (Wildman–Crippen LogP) is 3.05. The fraction of sp³-hybridized carbons (Fsp3) is 0.353. The SMILES string of the molecule is Clc1ccc(CN2CCN(Cc3ccccc3)CC2)cn1.